The van der Waals surface area contributed by atoms with Crippen LogP contribution < -0.4 is 5.73 Å². The summed E-state index contributed by atoms with van der Waals surface area (Å²) in [5.74, 6) is -0.635. The highest BCUT2D eigenvalue weighted by Crippen LogP contribution is 2.31. The maximum Gasteiger partial charge on any atom is 0.225 e. The van der Waals surface area contributed by atoms with Crippen LogP contribution in [0.1, 0.15) is 56.7 Å². The number of aryl methyl sites for hydroxylation is 1. The van der Waals surface area contributed by atoms with Crippen molar-refractivity contribution in [2.45, 2.75) is 65.1 Å². The van der Waals surface area contributed by atoms with Crippen LogP contribution in [0.15, 0.2) is 18.2 Å². The number of nitrogens with two attached hydrogens (primary N) is 1. The van der Waals surface area contributed by atoms with Gasteiger partial charge in [-0.1, -0.05) is 18.2 Å². The van der Waals surface area contributed by atoms with E-state index in [-0.39, 0.29) is 11.8 Å². The quantitative estimate of drug-likeness (QED) is 0.904. The molecule has 1 aliphatic rings. The maximum atomic E-state index is 11.5. The number of hydrogen-bond donors (Lipinski definition) is 1. The third-order valence-corrected chi connectivity index (χ3v) is 4.24. The molecule has 3 nitrogen and oxygen atoms in total. The molecule has 21 heavy (non-hydrogen) atoms. The minimum atomic E-state index is -0.339. The Bertz CT molecular complexity index is 500. The first-order valence-corrected chi connectivity index (χ1v) is 7.80. The van der Waals surface area contributed by atoms with Crippen molar-refractivity contribution in [2.75, 3.05) is 0 Å². The SMILES string of the molecule is CC(C)N(Cc1ccc2c(c1)CC[C]C2C(N)=O)C(C)C. The molecule has 114 valence electrons. The van der Waals surface area contributed by atoms with Gasteiger partial charge in [-0.05, 0) is 57.2 Å². The first kappa shape index (κ1) is 16.0. The van der Waals surface area contributed by atoms with Crippen LogP contribution in [-0.2, 0) is 17.8 Å². The fourth-order valence-electron chi connectivity index (χ4n) is 3.14. The van der Waals surface area contributed by atoms with Gasteiger partial charge in [-0.2, -0.15) is 0 Å². The second kappa shape index (κ2) is 6.61. The molecule has 0 heterocycles. The van der Waals surface area contributed by atoms with Crippen LogP contribution in [0.25, 0.3) is 0 Å². The summed E-state index contributed by atoms with van der Waals surface area (Å²) in [5, 5.41) is 0. The van der Waals surface area contributed by atoms with Gasteiger partial charge in [-0.3, -0.25) is 9.69 Å². The van der Waals surface area contributed by atoms with Crippen LogP contribution in [-0.4, -0.2) is 22.9 Å². The van der Waals surface area contributed by atoms with Gasteiger partial charge in [0.25, 0.3) is 0 Å². The van der Waals surface area contributed by atoms with Crippen molar-refractivity contribution in [3.63, 3.8) is 0 Å². The van der Waals surface area contributed by atoms with Gasteiger partial charge < -0.3 is 5.73 Å². The van der Waals surface area contributed by atoms with Crippen molar-refractivity contribution in [3.05, 3.63) is 41.3 Å². The van der Waals surface area contributed by atoms with E-state index in [1.807, 2.05) is 0 Å². The van der Waals surface area contributed by atoms with Crippen molar-refractivity contribution in [1.29, 1.82) is 0 Å². The van der Waals surface area contributed by atoms with Gasteiger partial charge >= 0.3 is 0 Å². The molecular formula is C18H26N2O. The summed E-state index contributed by atoms with van der Waals surface area (Å²) in [4.78, 5) is 14.0. The summed E-state index contributed by atoms with van der Waals surface area (Å²) in [6, 6.07) is 7.45. The van der Waals surface area contributed by atoms with Gasteiger partial charge in [0.15, 0.2) is 0 Å². The largest absolute Gasteiger partial charge is 0.369 e. The van der Waals surface area contributed by atoms with Gasteiger partial charge in [-0.15, -0.1) is 0 Å². The van der Waals surface area contributed by atoms with E-state index < -0.39 is 0 Å². The van der Waals surface area contributed by atoms with Crippen LogP contribution in [0.2, 0.25) is 0 Å². The molecule has 0 aliphatic heterocycles. The second-order valence-electron chi connectivity index (χ2n) is 6.43. The van der Waals surface area contributed by atoms with Crippen LogP contribution in [0.5, 0.6) is 0 Å². The Morgan fingerprint density at radius 2 is 2.00 bits per heavy atom. The molecule has 0 saturated heterocycles. The number of carbonyl (C=O) groups excluding carboxylic acids is 1. The van der Waals surface area contributed by atoms with Crippen molar-refractivity contribution in [1.82, 2.24) is 4.90 Å². The lowest BCUT2D eigenvalue weighted by Crippen LogP contribution is -2.36. The number of amides is 1. The molecule has 2 rings (SSSR count). The summed E-state index contributed by atoms with van der Waals surface area (Å²) < 4.78 is 0. The molecule has 0 fully saturated rings. The monoisotopic (exact) mass is 286 g/mol. The van der Waals surface area contributed by atoms with Crippen molar-refractivity contribution < 1.29 is 4.79 Å². The lowest BCUT2D eigenvalue weighted by Gasteiger charge is -2.31. The molecule has 2 radical (unpaired) electrons. The molecule has 1 atom stereocenters. The number of carbonyl (C=O) groups is 1. The Morgan fingerprint density at radius 1 is 1.33 bits per heavy atom. The van der Waals surface area contributed by atoms with E-state index in [2.05, 4.69) is 57.2 Å². The van der Waals surface area contributed by atoms with E-state index in [4.69, 9.17) is 5.73 Å². The molecule has 3 heteroatoms. The average molecular weight is 286 g/mol. The van der Waals surface area contributed by atoms with Crippen LogP contribution >= 0.6 is 0 Å². The van der Waals surface area contributed by atoms with Crippen molar-refractivity contribution in [3.8, 4) is 0 Å². The van der Waals surface area contributed by atoms with Gasteiger partial charge in [0.05, 0.1) is 5.92 Å². The minimum absolute atomic E-state index is 0.297. The van der Waals surface area contributed by atoms with Gasteiger partial charge in [0.2, 0.25) is 5.91 Å². The Hall–Kier alpha value is -1.35. The van der Waals surface area contributed by atoms with E-state index in [9.17, 15) is 4.79 Å². The number of benzene rings is 1. The first-order chi connectivity index (χ1) is 9.90. The first-order valence-electron chi connectivity index (χ1n) is 7.80. The Labute approximate surface area is 128 Å². The van der Waals surface area contributed by atoms with E-state index in [1.165, 1.54) is 11.1 Å². The third kappa shape index (κ3) is 3.65. The molecule has 1 aromatic carbocycles. The molecule has 0 aromatic heterocycles. The average Bonchev–Trinajstić information content (AvgIpc) is 2.42. The van der Waals surface area contributed by atoms with Gasteiger partial charge in [0.1, 0.15) is 0 Å². The molecule has 0 saturated carbocycles. The lowest BCUT2D eigenvalue weighted by atomic mass is 9.81. The van der Waals surface area contributed by atoms with Crippen LogP contribution in [0.4, 0.5) is 0 Å². The molecule has 1 amide bonds. The second-order valence-corrected chi connectivity index (χ2v) is 6.43. The Balaban J connectivity index is 2.23. The van der Waals surface area contributed by atoms with Crippen molar-refractivity contribution in [2.24, 2.45) is 5.73 Å². The molecule has 1 aromatic rings. The van der Waals surface area contributed by atoms with Crippen LogP contribution in [0, 0.1) is 6.42 Å². The highest BCUT2D eigenvalue weighted by Gasteiger charge is 2.25. The lowest BCUT2D eigenvalue weighted by molar-refractivity contribution is -0.118. The van der Waals surface area contributed by atoms with E-state index >= 15 is 0 Å². The minimum Gasteiger partial charge on any atom is -0.369 e. The molecule has 0 spiro atoms. The predicted molar refractivity (Wildman–Crippen MR) is 85.8 cm³/mol. The highest BCUT2D eigenvalue weighted by molar-refractivity contribution is 5.84. The Kier molecular flexibility index (Phi) is 5.04. The topological polar surface area (TPSA) is 46.3 Å². The number of fused-ring (bicyclic) bond motifs is 1. The van der Waals surface area contributed by atoms with Gasteiger partial charge in [0, 0.05) is 25.0 Å². The van der Waals surface area contributed by atoms with E-state index in [0.717, 1.165) is 24.9 Å². The number of nitrogens with zero attached hydrogens (tertiary/aromatic N) is 1. The normalized spacial score (nSPS) is 18.3. The zero-order valence-electron chi connectivity index (χ0n) is 13.5. The van der Waals surface area contributed by atoms with Crippen LogP contribution in [0.3, 0.4) is 0 Å². The summed E-state index contributed by atoms with van der Waals surface area (Å²) in [7, 11) is 0. The summed E-state index contributed by atoms with van der Waals surface area (Å²) >= 11 is 0. The van der Waals surface area contributed by atoms with E-state index in [1.54, 1.807) is 0 Å². The highest BCUT2D eigenvalue weighted by atomic mass is 16.1. The van der Waals surface area contributed by atoms with Crippen molar-refractivity contribution >= 4 is 5.91 Å². The molecular weight excluding hydrogens is 260 g/mol. The standard InChI is InChI=1S/C18H26N2O/c1-12(2)20(13(3)4)11-14-8-9-16-15(10-14)6-5-7-17(16)18(19)21/h8-10,12-13,17H,5-6,11H2,1-4H3,(H2,19,21). The summed E-state index contributed by atoms with van der Waals surface area (Å²) in [6.45, 7) is 9.85. The smallest absolute Gasteiger partial charge is 0.225 e. The summed E-state index contributed by atoms with van der Waals surface area (Å²) in [6.07, 6.45) is 4.95. The molecule has 2 N–H and O–H groups in total. The number of rotatable bonds is 5. The zero-order chi connectivity index (χ0) is 15.6. The third-order valence-electron chi connectivity index (χ3n) is 4.24. The molecule has 1 aliphatic carbocycles. The number of primary amides is 1. The van der Waals surface area contributed by atoms with E-state index in [0.29, 0.717) is 12.1 Å². The Morgan fingerprint density at radius 3 is 2.57 bits per heavy atom. The zero-order valence-corrected chi connectivity index (χ0v) is 13.5. The summed E-state index contributed by atoms with van der Waals surface area (Å²) in [5.41, 5.74) is 9.07. The molecule has 0 bridgehead atoms. The number of hydrogen-bond acceptors (Lipinski definition) is 2. The fourth-order valence-corrected chi connectivity index (χ4v) is 3.14. The molecule has 1 unspecified atom stereocenters. The fraction of sp³-hybridized carbons (Fsp3) is 0.556. The predicted octanol–water partition coefficient (Wildman–Crippen LogP) is 2.90. The maximum absolute atomic E-state index is 11.5. The van der Waals surface area contributed by atoms with Gasteiger partial charge in [-0.25, -0.2) is 0 Å².